The second kappa shape index (κ2) is 7.64. The Morgan fingerprint density at radius 1 is 1.57 bits per heavy atom. The maximum atomic E-state index is 12.4. The Morgan fingerprint density at radius 3 is 3.00 bits per heavy atom. The van der Waals surface area contributed by atoms with Gasteiger partial charge in [0.15, 0.2) is 0 Å². The molecule has 0 bridgehead atoms. The lowest BCUT2D eigenvalue weighted by molar-refractivity contribution is -0.0345. The lowest BCUT2D eigenvalue weighted by atomic mass is 10.1. The highest BCUT2D eigenvalue weighted by molar-refractivity contribution is 5.68. The molecule has 2 unspecified atom stereocenters. The molecular formula is C17H27N3O3. The monoisotopic (exact) mass is 321 g/mol. The van der Waals surface area contributed by atoms with E-state index in [4.69, 9.17) is 9.47 Å². The van der Waals surface area contributed by atoms with E-state index in [-0.39, 0.29) is 18.2 Å². The topological polar surface area (TPSA) is 63.7 Å². The SMILES string of the molecule is CC(CC1COCCN1C(=O)OC(C)(C)C)Nc1cccnc1. The normalized spacial score (nSPS) is 20.0. The molecule has 1 aromatic rings. The molecule has 1 aliphatic heterocycles. The van der Waals surface area contributed by atoms with Gasteiger partial charge in [-0.25, -0.2) is 4.79 Å². The highest BCUT2D eigenvalue weighted by Crippen LogP contribution is 2.19. The minimum absolute atomic E-state index is 0.0118. The van der Waals surface area contributed by atoms with E-state index in [9.17, 15) is 4.79 Å². The zero-order chi connectivity index (χ0) is 16.9. The molecule has 0 spiro atoms. The Hall–Kier alpha value is -1.82. The first-order valence-electron chi connectivity index (χ1n) is 8.09. The number of carbonyl (C=O) groups is 1. The second-order valence-electron chi connectivity index (χ2n) is 6.93. The summed E-state index contributed by atoms with van der Waals surface area (Å²) < 4.78 is 11.1. The van der Waals surface area contributed by atoms with Gasteiger partial charge in [-0.3, -0.25) is 4.98 Å². The summed E-state index contributed by atoms with van der Waals surface area (Å²) in [5.41, 5.74) is 0.486. The first-order valence-corrected chi connectivity index (χ1v) is 8.09. The standard InChI is InChI=1S/C17H27N3O3/c1-13(19-14-6-5-7-18-11-14)10-15-12-22-9-8-20(15)16(21)23-17(2,3)4/h5-7,11,13,15,19H,8-10,12H2,1-4H3. The molecule has 1 fully saturated rings. The van der Waals surface area contributed by atoms with Crippen molar-refractivity contribution in [3.05, 3.63) is 24.5 Å². The van der Waals surface area contributed by atoms with Crippen LogP contribution < -0.4 is 5.32 Å². The van der Waals surface area contributed by atoms with Crippen molar-refractivity contribution in [2.45, 2.75) is 51.8 Å². The number of amides is 1. The Balaban J connectivity index is 1.94. The molecule has 2 rings (SSSR count). The zero-order valence-electron chi connectivity index (χ0n) is 14.4. The highest BCUT2D eigenvalue weighted by Gasteiger charge is 2.31. The molecule has 1 amide bonds. The van der Waals surface area contributed by atoms with Gasteiger partial charge in [0.1, 0.15) is 5.60 Å². The Kier molecular flexibility index (Phi) is 5.82. The van der Waals surface area contributed by atoms with Crippen molar-refractivity contribution in [3.8, 4) is 0 Å². The number of carbonyl (C=O) groups excluding carboxylic acids is 1. The molecular weight excluding hydrogens is 294 g/mol. The molecule has 2 heterocycles. The molecule has 23 heavy (non-hydrogen) atoms. The van der Waals surface area contributed by atoms with Crippen molar-refractivity contribution in [1.29, 1.82) is 0 Å². The van der Waals surface area contributed by atoms with E-state index in [0.717, 1.165) is 12.1 Å². The highest BCUT2D eigenvalue weighted by atomic mass is 16.6. The van der Waals surface area contributed by atoms with Crippen molar-refractivity contribution in [3.63, 3.8) is 0 Å². The van der Waals surface area contributed by atoms with Crippen LogP contribution in [0.5, 0.6) is 0 Å². The predicted octanol–water partition coefficient (Wildman–Crippen LogP) is 2.91. The number of morpholine rings is 1. The van der Waals surface area contributed by atoms with Crippen LogP contribution in [0, 0.1) is 0 Å². The van der Waals surface area contributed by atoms with Gasteiger partial charge in [0.25, 0.3) is 0 Å². The zero-order valence-corrected chi connectivity index (χ0v) is 14.4. The minimum Gasteiger partial charge on any atom is -0.444 e. The molecule has 1 saturated heterocycles. The van der Waals surface area contributed by atoms with Crippen LogP contribution in [0.25, 0.3) is 0 Å². The summed E-state index contributed by atoms with van der Waals surface area (Å²) in [6.45, 7) is 9.40. The van der Waals surface area contributed by atoms with Crippen molar-refractivity contribution in [1.82, 2.24) is 9.88 Å². The Bertz CT molecular complexity index is 502. The van der Waals surface area contributed by atoms with Crippen LogP contribution in [0.3, 0.4) is 0 Å². The molecule has 0 aromatic carbocycles. The molecule has 2 atom stereocenters. The summed E-state index contributed by atoms with van der Waals surface area (Å²) >= 11 is 0. The van der Waals surface area contributed by atoms with Crippen LogP contribution in [0.2, 0.25) is 0 Å². The van der Waals surface area contributed by atoms with E-state index in [1.54, 1.807) is 17.3 Å². The molecule has 1 N–H and O–H groups in total. The van der Waals surface area contributed by atoms with Crippen LogP contribution in [0.4, 0.5) is 10.5 Å². The van der Waals surface area contributed by atoms with Crippen LogP contribution in [-0.2, 0) is 9.47 Å². The number of aromatic nitrogens is 1. The maximum Gasteiger partial charge on any atom is 0.410 e. The van der Waals surface area contributed by atoms with E-state index in [2.05, 4.69) is 17.2 Å². The number of hydrogen-bond donors (Lipinski definition) is 1. The van der Waals surface area contributed by atoms with E-state index in [0.29, 0.717) is 19.8 Å². The van der Waals surface area contributed by atoms with Gasteiger partial charge in [0.2, 0.25) is 0 Å². The fraction of sp³-hybridized carbons (Fsp3) is 0.647. The summed E-state index contributed by atoms with van der Waals surface area (Å²) in [6, 6.07) is 4.08. The lowest BCUT2D eigenvalue weighted by Gasteiger charge is -2.37. The number of pyridine rings is 1. The summed E-state index contributed by atoms with van der Waals surface area (Å²) in [5, 5.41) is 3.40. The molecule has 1 aliphatic rings. The van der Waals surface area contributed by atoms with Gasteiger partial charge < -0.3 is 19.7 Å². The average molecular weight is 321 g/mol. The van der Waals surface area contributed by atoms with Crippen molar-refractivity contribution >= 4 is 11.8 Å². The van der Waals surface area contributed by atoms with Gasteiger partial charge in [-0.15, -0.1) is 0 Å². The minimum atomic E-state index is -0.487. The Morgan fingerprint density at radius 2 is 2.35 bits per heavy atom. The van der Waals surface area contributed by atoms with Crippen LogP contribution >= 0.6 is 0 Å². The van der Waals surface area contributed by atoms with E-state index >= 15 is 0 Å². The number of rotatable bonds is 4. The number of ether oxygens (including phenoxy) is 2. The third-order valence-electron chi connectivity index (χ3n) is 3.56. The van der Waals surface area contributed by atoms with Gasteiger partial charge in [-0.2, -0.15) is 0 Å². The molecule has 6 nitrogen and oxygen atoms in total. The molecule has 128 valence electrons. The van der Waals surface area contributed by atoms with E-state index < -0.39 is 5.60 Å². The van der Waals surface area contributed by atoms with Gasteiger partial charge >= 0.3 is 6.09 Å². The maximum absolute atomic E-state index is 12.4. The number of hydrogen-bond acceptors (Lipinski definition) is 5. The van der Waals surface area contributed by atoms with Crippen molar-refractivity contribution in [2.24, 2.45) is 0 Å². The largest absolute Gasteiger partial charge is 0.444 e. The van der Waals surface area contributed by atoms with Crippen molar-refractivity contribution in [2.75, 3.05) is 25.1 Å². The predicted molar refractivity (Wildman–Crippen MR) is 89.5 cm³/mol. The third kappa shape index (κ3) is 5.71. The fourth-order valence-electron chi connectivity index (χ4n) is 2.61. The van der Waals surface area contributed by atoms with Crippen LogP contribution in [-0.4, -0.2) is 53.4 Å². The lowest BCUT2D eigenvalue weighted by Crippen LogP contribution is -2.51. The van der Waals surface area contributed by atoms with Crippen LogP contribution in [0.1, 0.15) is 34.1 Å². The first kappa shape index (κ1) is 17.5. The quantitative estimate of drug-likeness (QED) is 0.924. The molecule has 0 radical (unpaired) electrons. The smallest absolute Gasteiger partial charge is 0.410 e. The van der Waals surface area contributed by atoms with E-state index in [1.165, 1.54) is 0 Å². The molecule has 6 heteroatoms. The summed E-state index contributed by atoms with van der Waals surface area (Å²) in [5.74, 6) is 0. The van der Waals surface area contributed by atoms with Gasteiger partial charge in [0.05, 0.1) is 24.9 Å². The summed E-state index contributed by atoms with van der Waals surface area (Å²) in [6.07, 6.45) is 4.06. The average Bonchev–Trinajstić information content (AvgIpc) is 2.47. The summed E-state index contributed by atoms with van der Waals surface area (Å²) in [4.78, 5) is 18.3. The molecule has 1 aromatic heterocycles. The van der Waals surface area contributed by atoms with E-state index in [1.807, 2.05) is 32.9 Å². The number of nitrogens with zero attached hydrogens (tertiary/aromatic N) is 2. The van der Waals surface area contributed by atoms with Crippen molar-refractivity contribution < 1.29 is 14.3 Å². The van der Waals surface area contributed by atoms with Gasteiger partial charge in [0, 0.05) is 25.0 Å². The van der Waals surface area contributed by atoms with Crippen LogP contribution in [0.15, 0.2) is 24.5 Å². The molecule has 0 aliphatic carbocycles. The first-order chi connectivity index (χ1) is 10.8. The van der Waals surface area contributed by atoms with Gasteiger partial charge in [-0.05, 0) is 46.2 Å². The Labute approximate surface area is 138 Å². The molecule has 0 saturated carbocycles. The second-order valence-corrected chi connectivity index (χ2v) is 6.93. The fourth-order valence-corrected chi connectivity index (χ4v) is 2.61. The number of anilines is 1. The summed E-state index contributed by atoms with van der Waals surface area (Å²) in [7, 11) is 0. The number of nitrogens with one attached hydrogen (secondary N) is 1. The van der Waals surface area contributed by atoms with Gasteiger partial charge in [-0.1, -0.05) is 0 Å². The third-order valence-corrected chi connectivity index (χ3v) is 3.56.